The number of hydrogen-bond donors (Lipinski definition) is 2. The van der Waals surface area contributed by atoms with Crippen LogP contribution in [0, 0.1) is 5.92 Å². The molecule has 3 rings (SSSR count). The van der Waals surface area contributed by atoms with E-state index in [1.807, 2.05) is 0 Å². The van der Waals surface area contributed by atoms with Crippen LogP contribution in [0.5, 0.6) is 0 Å². The fourth-order valence-electron chi connectivity index (χ4n) is 3.52. The van der Waals surface area contributed by atoms with Gasteiger partial charge in [0.05, 0.1) is 4.34 Å². The number of thiophene rings is 1. The number of amides is 1. The van der Waals surface area contributed by atoms with Crippen molar-refractivity contribution in [3.05, 3.63) is 20.8 Å². The predicted molar refractivity (Wildman–Crippen MR) is 83.1 cm³/mol. The molecule has 0 bridgehead atoms. The zero-order chi connectivity index (χ0) is 14.1. The Labute approximate surface area is 128 Å². The van der Waals surface area contributed by atoms with Gasteiger partial charge in [0.1, 0.15) is 0 Å². The minimum atomic E-state index is -0.131. The molecule has 1 atom stereocenters. The standard InChI is InChI=1S/C15H21ClN2OS/c16-14-8-11-12(2-1-3-13(11)20-14)18-10-6-4-9(5-7-10)15(17)19/h8-10,12,18H,1-7H2,(H2,17,19). The fraction of sp³-hybridized carbons (Fsp3) is 0.667. The molecule has 1 aromatic rings. The number of nitrogens with one attached hydrogen (secondary N) is 1. The molecule has 20 heavy (non-hydrogen) atoms. The maximum absolute atomic E-state index is 11.2. The molecule has 1 saturated carbocycles. The number of primary amides is 1. The summed E-state index contributed by atoms with van der Waals surface area (Å²) in [6, 6.07) is 3.09. The van der Waals surface area contributed by atoms with Crippen LogP contribution in [0.1, 0.15) is 55.0 Å². The Kier molecular flexibility index (Phi) is 4.34. The summed E-state index contributed by atoms with van der Waals surface area (Å²) in [5.41, 5.74) is 6.80. The third-order valence-electron chi connectivity index (χ3n) is 4.65. The molecule has 1 heterocycles. The fourth-order valence-corrected chi connectivity index (χ4v) is 4.91. The van der Waals surface area contributed by atoms with Crippen molar-refractivity contribution in [2.24, 2.45) is 11.7 Å². The average molecular weight is 313 g/mol. The van der Waals surface area contributed by atoms with Crippen molar-refractivity contribution in [2.45, 2.75) is 57.0 Å². The van der Waals surface area contributed by atoms with Gasteiger partial charge in [0, 0.05) is 22.9 Å². The number of nitrogens with two attached hydrogens (primary N) is 1. The van der Waals surface area contributed by atoms with Crippen molar-refractivity contribution in [3.8, 4) is 0 Å². The summed E-state index contributed by atoms with van der Waals surface area (Å²) in [7, 11) is 0. The van der Waals surface area contributed by atoms with Gasteiger partial charge in [-0.15, -0.1) is 11.3 Å². The van der Waals surface area contributed by atoms with E-state index in [2.05, 4.69) is 11.4 Å². The van der Waals surface area contributed by atoms with Gasteiger partial charge in [0.25, 0.3) is 0 Å². The van der Waals surface area contributed by atoms with Crippen molar-refractivity contribution in [3.63, 3.8) is 0 Å². The smallest absolute Gasteiger partial charge is 0.220 e. The van der Waals surface area contributed by atoms with Crippen LogP contribution in [0.2, 0.25) is 4.34 Å². The first-order valence-electron chi connectivity index (χ1n) is 7.47. The zero-order valence-corrected chi connectivity index (χ0v) is 13.1. The second kappa shape index (κ2) is 6.04. The summed E-state index contributed by atoms with van der Waals surface area (Å²) in [5, 5.41) is 3.78. The van der Waals surface area contributed by atoms with E-state index < -0.39 is 0 Å². The van der Waals surface area contributed by atoms with E-state index in [0.29, 0.717) is 12.1 Å². The lowest BCUT2D eigenvalue weighted by atomic mass is 9.84. The molecule has 1 aromatic heterocycles. The Hall–Kier alpha value is -0.580. The van der Waals surface area contributed by atoms with Gasteiger partial charge in [0.15, 0.2) is 0 Å². The summed E-state index contributed by atoms with van der Waals surface area (Å²) >= 11 is 7.88. The first-order valence-corrected chi connectivity index (χ1v) is 8.66. The minimum Gasteiger partial charge on any atom is -0.369 e. The molecule has 1 fully saturated rings. The van der Waals surface area contributed by atoms with Gasteiger partial charge >= 0.3 is 0 Å². The highest BCUT2D eigenvalue weighted by molar-refractivity contribution is 7.16. The molecule has 0 spiro atoms. The van der Waals surface area contributed by atoms with E-state index >= 15 is 0 Å². The van der Waals surface area contributed by atoms with Crippen LogP contribution >= 0.6 is 22.9 Å². The number of carbonyl (C=O) groups is 1. The Balaban J connectivity index is 1.61. The lowest BCUT2D eigenvalue weighted by molar-refractivity contribution is -0.122. The lowest BCUT2D eigenvalue weighted by Crippen LogP contribution is -2.39. The van der Waals surface area contributed by atoms with Gasteiger partial charge in [-0.1, -0.05) is 11.6 Å². The Morgan fingerprint density at radius 3 is 2.75 bits per heavy atom. The maximum atomic E-state index is 11.2. The van der Waals surface area contributed by atoms with Crippen LogP contribution in [0.15, 0.2) is 6.07 Å². The molecule has 0 saturated heterocycles. The first-order chi connectivity index (χ1) is 9.63. The van der Waals surface area contributed by atoms with Crippen LogP contribution in [0.4, 0.5) is 0 Å². The maximum Gasteiger partial charge on any atom is 0.220 e. The molecule has 3 N–H and O–H groups in total. The van der Waals surface area contributed by atoms with E-state index in [1.54, 1.807) is 11.3 Å². The normalized spacial score (nSPS) is 29.9. The highest BCUT2D eigenvalue weighted by Gasteiger charge is 2.29. The highest BCUT2D eigenvalue weighted by Crippen LogP contribution is 2.38. The SMILES string of the molecule is NC(=O)C1CCC(NC2CCCc3sc(Cl)cc32)CC1. The number of fused-ring (bicyclic) bond motifs is 1. The first kappa shape index (κ1) is 14.4. The molecule has 0 aliphatic heterocycles. The van der Waals surface area contributed by atoms with Gasteiger partial charge in [-0.3, -0.25) is 4.79 Å². The van der Waals surface area contributed by atoms with Crippen LogP contribution in [0.3, 0.4) is 0 Å². The van der Waals surface area contributed by atoms with Gasteiger partial charge in [-0.2, -0.15) is 0 Å². The summed E-state index contributed by atoms with van der Waals surface area (Å²) in [4.78, 5) is 12.7. The molecule has 0 aromatic carbocycles. The number of hydrogen-bond acceptors (Lipinski definition) is 3. The number of aryl methyl sites for hydroxylation is 1. The number of carbonyl (C=O) groups excluding carboxylic acids is 1. The van der Waals surface area contributed by atoms with E-state index in [1.165, 1.54) is 29.7 Å². The number of halogens is 1. The third kappa shape index (κ3) is 3.02. The summed E-state index contributed by atoms with van der Waals surface area (Å²) in [6.07, 6.45) is 7.55. The molecule has 2 aliphatic carbocycles. The van der Waals surface area contributed by atoms with E-state index in [9.17, 15) is 4.79 Å². The second-order valence-corrected chi connectivity index (χ2v) is 7.76. The molecular formula is C15H21ClN2OS. The molecule has 2 aliphatic rings. The Morgan fingerprint density at radius 1 is 1.30 bits per heavy atom. The highest BCUT2D eigenvalue weighted by atomic mass is 35.5. The van der Waals surface area contributed by atoms with Crippen LogP contribution in [-0.4, -0.2) is 11.9 Å². The van der Waals surface area contributed by atoms with Gasteiger partial charge in [-0.05, 0) is 56.6 Å². The van der Waals surface area contributed by atoms with Gasteiger partial charge < -0.3 is 11.1 Å². The quantitative estimate of drug-likeness (QED) is 0.898. The average Bonchev–Trinajstić information content (AvgIpc) is 2.81. The van der Waals surface area contributed by atoms with Crippen molar-refractivity contribution < 1.29 is 4.79 Å². The Bertz CT molecular complexity index is 494. The van der Waals surface area contributed by atoms with Crippen LogP contribution in [-0.2, 0) is 11.2 Å². The molecule has 0 radical (unpaired) electrons. The number of rotatable bonds is 3. The monoisotopic (exact) mass is 312 g/mol. The van der Waals surface area contributed by atoms with Gasteiger partial charge in [-0.25, -0.2) is 0 Å². The summed E-state index contributed by atoms with van der Waals surface area (Å²) < 4.78 is 0.904. The minimum absolute atomic E-state index is 0.0885. The van der Waals surface area contributed by atoms with E-state index in [4.69, 9.17) is 17.3 Å². The third-order valence-corrected chi connectivity index (χ3v) is 5.99. The van der Waals surface area contributed by atoms with Crippen molar-refractivity contribution in [1.82, 2.24) is 5.32 Å². The largest absolute Gasteiger partial charge is 0.369 e. The second-order valence-electron chi connectivity index (χ2n) is 5.99. The molecule has 3 nitrogen and oxygen atoms in total. The Morgan fingerprint density at radius 2 is 2.05 bits per heavy atom. The molecular weight excluding hydrogens is 292 g/mol. The summed E-state index contributed by atoms with van der Waals surface area (Å²) in [6.45, 7) is 0. The van der Waals surface area contributed by atoms with Crippen LogP contribution in [0.25, 0.3) is 0 Å². The van der Waals surface area contributed by atoms with Crippen molar-refractivity contribution in [2.75, 3.05) is 0 Å². The van der Waals surface area contributed by atoms with Crippen LogP contribution < -0.4 is 11.1 Å². The molecule has 1 amide bonds. The van der Waals surface area contributed by atoms with E-state index in [-0.39, 0.29) is 11.8 Å². The zero-order valence-electron chi connectivity index (χ0n) is 11.5. The molecule has 5 heteroatoms. The van der Waals surface area contributed by atoms with Crippen molar-refractivity contribution in [1.29, 1.82) is 0 Å². The van der Waals surface area contributed by atoms with Crippen molar-refractivity contribution >= 4 is 28.8 Å². The summed E-state index contributed by atoms with van der Waals surface area (Å²) in [5.74, 6) is -0.0430. The predicted octanol–water partition coefficient (Wildman–Crippen LogP) is 3.41. The molecule has 110 valence electrons. The topological polar surface area (TPSA) is 55.1 Å². The van der Waals surface area contributed by atoms with Gasteiger partial charge in [0.2, 0.25) is 5.91 Å². The van der Waals surface area contributed by atoms with E-state index in [0.717, 1.165) is 30.0 Å². The molecule has 1 unspecified atom stereocenters. The lowest BCUT2D eigenvalue weighted by Gasteiger charge is -2.33.